The monoisotopic (exact) mass is 393 g/mol. The molecule has 1 saturated heterocycles. The molecular formula is C18H17Cl2N3OS. The number of halogens is 2. The van der Waals surface area contributed by atoms with E-state index in [0.717, 1.165) is 30.6 Å². The molecule has 4 nitrogen and oxygen atoms in total. The van der Waals surface area contributed by atoms with Gasteiger partial charge in [-0.2, -0.15) is 11.3 Å². The first-order chi connectivity index (χ1) is 12.2. The van der Waals surface area contributed by atoms with Crippen LogP contribution >= 0.6 is 34.5 Å². The quantitative estimate of drug-likeness (QED) is 0.558. The van der Waals surface area contributed by atoms with Gasteiger partial charge in [0.05, 0.1) is 16.1 Å². The minimum atomic E-state index is 0.142. The molecule has 0 radical (unpaired) electrons. The zero-order valence-corrected chi connectivity index (χ0v) is 15.8. The van der Waals surface area contributed by atoms with Crippen LogP contribution in [-0.2, 0) is 6.54 Å². The van der Waals surface area contributed by atoms with Gasteiger partial charge in [0, 0.05) is 17.5 Å². The number of rotatable bonds is 4. The summed E-state index contributed by atoms with van der Waals surface area (Å²) in [5.41, 5.74) is 2.12. The van der Waals surface area contributed by atoms with Gasteiger partial charge in [0.25, 0.3) is 0 Å². The summed E-state index contributed by atoms with van der Waals surface area (Å²) < 4.78 is 5.97. The number of piperidine rings is 1. The number of hydrogen-bond donors (Lipinski definition) is 0. The third-order valence-electron chi connectivity index (χ3n) is 4.48. The van der Waals surface area contributed by atoms with Crippen molar-refractivity contribution in [3.8, 4) is 11.5 Å². The van der Waals surface area contributed by atoms with E-state index in [0.29, 0.717) is 21.8 Å². The van der Waals surface area contributed by atoms with E-state index in [9.17, 15) is 0 Å². The van der Waals surface area contributed by atoms with Crippen LogP contribution in [0.25, 0.3) is 11.5 Å². The molecule has 1 aliphatic rings. The van der Waals surface area contributed by atoms with Crippen molar-refractivity contribution in [2.24, 2.45) is 0 Å². The number of likely N-dealkylation sites (tertiary alicyclic amines) is 1. The van der Waals surface area contributed by atoms with E-state index in [1.165, 1.54) is 12.8 Å². The molecule has 0 N–H and O–H groups in total. The molecule has 1 atom stereocenters. The van der Waals surface area contributed by atoms with E-state index in [1.54, 1.807) is 11.3 Å². The van der Waals surface area contributed by atoms with Gasteiger partial charge >= 0.3 is 0 Å². The average Bonchev–Trinajstić information content (AvgIpc) is 3.30. The van der Waals surface area contributed by atoms with Crippen molar-refractivity contribution < 1.29 is 4.42 Å². The van der Waals surface area contributed by atoms with Crippen LogP contribution in [0.15, 0.2) is 39.4 Å². The fourth-order valence-corrected chi connectivity index (χ4v) is 4.15. The number of thiophene rings is 1. The lowest BCUT2D eigenvalue weighted by atomic mass is 10.0. The maximum Gasteiger partial charge on any atom is 0.248 e. The fraction of sp³-hybridized carbons (Fsp3) is 0.333. The van der Waals surface area contributed by atoms with Gasteiger partial charge in [-0.25, -0.2) is 0 Å². The van der Waals surface area contributed by atoms with Crippen LogP contribution in [-0.4, -0.2) is 21.6 Å². The SMILES string of the molecule is Clc1ccc(CN2CCCC[C@H]2c2nnc(-c3ccsc3)o2)cc1Cl. The van der Waals surface area contributed by atoms with Gasteiger partial charge in [-0.05, 0) is 48.5 Å². The van der Waals surface area contributed by atoms with E-state index >= 15 is 0 Å². The van der Waals surface area contributed by atoms with E-state index in [-0.39, 0.29) is 6.04 Å². The highest BCUT2D eigenvalue weighted by Gasteiger charge is 2.29. The van der Waals surface area contributed by atoms with Gasteiger partial charge in [0.2, 0.25) is 11.8 Å². The minimum absolute atomic E-state index is 0.142. The van der Waals surface area contributed by atoms with Crippen molar-refractivity contribution in [2.45, 2.75) is 31.8 Å². The van der Waals surface area contributed by atoms with Crippen LogP contribution in [0.1, 0.15) is 36.8 Å². The summed E-state index contributed by atoms with van der Waals surface area (Å²) in [6.07, 6.45) is 3.36. The molecule has 130 valence electrons. The van der Waals surface area contributed by atoms with Gasteiger partial charge in [0.15, 0.2) is 0 Å². The van der Waals surface area contributed by atoms with Crippen molar-refractivity contribution in [3.63, 3.8) is 0 Å². The molecule has 1 aromatic carbocycles. The molecule has 0 aliphatic carbocycles. The van der Waals surface area contributed by atoms with Gasteiger partial charge in [-0.3, -0.25) is 4.90 Å². The van der Waals surface area contributed by atoms with Crippen molar-refractivity contribution in [1.29, 1.82) is 0 Å². The van der Waals surface area contributed by atoms with Crippen LogP contribution in [0.3, 0.4) is 0 Å². The summed E-state index contributed by atoms with van der Waals surface area (Å²) in [6.45, 7) is 1.79. The fourth-order valence-electron chi connectivity index (χ4n) is 3.20. The largest absolute Gasteiger partial charge is 0.419 e. The third kappa shape index (κ3) is 3.75. The first kappa shape index (κ1) is 17.0. The molecule has 25 heavy (non-hydrogen) atoms. The third-order valence-corrected chi connectivity index (χ3v) is 5.90. The second-order valence-corrected chi connectivity index (χ2v) is 7.78. The first-order valence-electron chi connectivity index (χ1n) is 8.24. The normalized spacial score (nSPS) is 18.6. The highest BCUT2D eigenvalue weighted by Crippen LogP contribution is 2.34. The molecule has 3 heterocycles. The predicted molar refractivity (Wildman–Crippen MR) is 101 cm³/mol. The number of benzene rings is 1. The second-order valence-electron chi connectivity index (χ2n) is 6.19. The Morgan fingerprint density at radius 1 is 1.16 bits per heavy atom. The second kappa shape index (κ2) is 7.46. The van der Waals surface area contributed by atoms with E-state index in [2.05, 4.69) is 15.1 Å². The summed E-state index contributed by atoms with van der Waals surface area (Å²) in [5.74, 6) is 1.29. The molecule has 0 unspecified atom stereocenters. The predicted octanol–water partition coefficient (Wildman–Crippen LogP) is 5.83. The lowest BCUT2D eigenvalue weighted by Crippen LogP contribution is -2.33. The van der Waals surface area contributed by atoms with Crippen molar-refractivity contribution >= 4 is 34.5 Å². The van der Waals surface area contributed by atoms with Crippen LogP contribution in [0, 0.1) is 0 Å². The Labute approximate surface area is 160 Å². The smallest absolute Gasteiger partial charge is 0.248 e. The number of nitrogens with zero attached hydrogens (tertiary/aromatic N) is 3. The zero-order chi connectivity index (χ0) is 17.2. The number of aromatic nitrogens is 2. The van der Waals surface area contributed by atoms with E-state index in [1.807, 2.05) is 35.0 Å². The molecule has 0 amide bonds. The topological polar surface area (TPSA) is 42.2 Å². The summed E-state index contributed by atoms with van der Waals surface area (Å²) in [7, 11) is 0. The van der Waals surface area contributed by atoms with Gasteiger partial charge in [-0.15, -0.1) is 10.2 Å². The Hall–Kier alpha value is -1.40. The molecule has 1 aliphatic heterocycles. The lowest BCUT2D eigenvalue weighted by Gasteiger charge is -2.33. The Kier molecular flexibility index (Phi) is 5.08. The molecule has 0 bridgehead atoms. The molecule has 7 heteroatoms. The zero-order valence-electron chi connectivity index (χ0n) is 13.5. The average molecular weight is 394 g/mol. The Bertz CT molecular complexity index is 850. The molecule has 3 aromatic rings. The molecule has 2 aromatic heterocycles. The summed E-state index contributed by atoms with van der Waals surface area (Å²) >= 11 is 13.8. The maximum absolute atomic E-state index is 6.15. The van der Waals surface area contributed by atoms with Gasteiger partial charge in [0.1, 0.15) is 0 Å². The van der Waals surface area contributed by atoms with E-state index in [4.69, 9.17) is 27.6 Å². The summed E-state index contributed by atoms with van der Waals surface area (Å²) in [6, 6.07) is 7.93. The van der Waals surface area contributed by atoms with Crippen LogP contribution in [0.2, 0.25) is 10.0 Å². The minimum Gasteiger partial charge on any atom is -0.419 e. The van der Waals surface area contributed by atoms with Crippen molar-refractivity contribution in [1.82, 2.24) is 15.1 Å². The summed E-state index contributed by atoms with van der Waals surface area (Å²) in [5, 5.41) is 13.7. The van der Waals surface area contributed by atoms with Crippen molar-refractivity contribution in [3.05, 3.63) is 56.5 Å². The molecule has 0 spiro atoms. The summed E-state index contributed by atoms with van der Waals surface area (Å²) in [4.78, 5) is 2.38. The van der Waals surface area contributed by atoms with Gasteiger partial charge in [-0.1, -0.05) is 35.7 Å². The number of hydrogen-bond acceptors (Lipinski definition) is 5. The highest BCUT2D eigenvalue weighted by atomic mass is 35.5. The Morgan fingerprint density at radius 2 is 2.08 bits per heavy atom. The van der Waals surface area contributed by atoms with Crippen LogP contribution < -0.4 is 0 Å². The highest BCUT2D eigenvalue weighted by molar-refractivity contribution is 7.08. The van der Waals surface area contributed by atoms with Gasteiger partial charge < -0.3 is 4.42 Å². The van der Waals surface area contributed by atoms with Crippen LogP contribution in [0.5, 0.6) is 0 Å². The molecule has 4 rings (SSSR count). The maximum atomic E-state index is 6.15. The Morgan fingerprint density at radius 3 is 2.88 bits per heavy atom. The standard InChI is InChI=1S/C18H17Cl2N3OS/c19-14-5-4-12(9-15(14)20)10-23-7-2-1-3-16(23)18-22-21-17(24-18)13-6-8-25-11-13/h4-6,8-9,11,16H,1-3,7,10H2/t16-/m0/s1. The first-order valence-corrected chi connectivity index (χ1v) is 9.94. The van der Waals surface area contributed by atoms with Crippen LogP contribution in [0.4, 0.5) is 0 Å². The molecular weight excluding hydrogens is 377 g/mol. The van der Waals surface area contributed by atoms with E-state index < -0.39 is 0 Å². The molecule has 1 fully saturated rings. The van der Waals surface area contributed by atoms with Crippen molar-refractivity contribution in [2.75, 3.05) is 6.54 Å². The Balaban J connectivity index is 1.55. The molecule has 0 saturated carbocycles. The lowest BCUT2D eigenvalue weighted by molar-refractivity contribution is 0.118.